The normalized spacial score (nSPS) is 11.3. The summed E-state index contributed by atoms with van der Waals surface area (Å²) in [5.74, 6) is 1.29. The Labute approximate surface area is 337 Å². The quantitative estimate of drug-likeness (QED) is 0.0251. The Kier molecular flexibility index (Phi) is 41.9. The summed E-state index contributed by atoms with van der Waals surface area (Å²) in [7, 11) is 0. The minimum atomic E-state index is -0.313. The Morgan fingerprint density at radius 3 is 0.796 bits per heavy atom. The summed E-state index contributed by atoms with van der Waals surface area (Å²) in [6, 6.07) is 0. The minimum Gasteiger partial charge on any atom is -0.460 e. The summed E-state index contributed by atoms with van der Waals surface area (Å²) in [5.41, 5.74) is -0.940. The van der Waals surface area contributed by atoms with Gasteiger partial charge in [0.1, 0.15) is 16.8 Å². The predicted molar refractivity (Wildman–Crippen MR) is 222 cm³/mol. The molecule has 0 atom stereocenters. The maximum Gasteiger partial charge on any atom is 0.307 e. The summed E-state index contributed by atoms with van der Waals surface area (Å²) in [6.45, 7) is 18.6. The predicted octanol–water partition coefficient (Wildman–Crippen LogP) is 11.6. The van der Waals surface area contributed by atoms with Crippen LogP contribution in [0.25, 0.3) is 0 Å². The number of carbonyl (C=O) groups is 3. The Morgan fingerprint density at radius 2 is 0.612 bits per heavy atom. The van der Waals surface area contributed by atoms with Gasteiger partial charge in [0.25, 0.3) is 0 Å². The summed E-state index contributed by atoms with van der Waals surface area (Å²) < 4.78 is 16.2. The van der Waals surface area contributed by atoms with Gasteiger partial charge in [0.2, 0.25) is 0 Å². The molecule has 0 aliphatic rings. The molecule has 0 saturated carbocycles. The molecule has 6 nitrogen and oxygen atoms in total. The Hall–Kier alpha value is 0.278. The third-order valence-corrected chi connectivity index (χ3v) is 8.44. The van der Waals surface area contributed by atoms with E-state index in [4.69, 9.17) is 14.2 Å². The topological polar surface area (TPSA) is 78.9 Å². The van der Waals surface area contributed by atoms with Crippen molar-refractivity contribution in [3.05, 3.63) is 0 Å². The molecule has 0 aliphatic carbocycles. The van der Waals surface area contributed by atoms with Crippen LogP contribution in [0.3, 0.4) is 0 Å². The number of ether oxygens (including phenoxy) is 3. The first-order chi connectivity index (χ1) is 22.5. The molecule has 0 aliphatic heterocycles. The molecule has 0 N–H and O–H groups in total. The first-order valence-electron chi connectivity index (χ1n) is 19.0. The maximum absolute atomic E-state index is 11.3. The van der Waals surface area contributed by atoms with Gasteiger partial charge in [0.05, 0.1) is 19.3 Å². The van der Waals surface area contributed by atoms with Crippen LogP contribution in [0.15, 0.2) is 0 Å². The SMILES string of the molecule is CCCCCCCC(C)(C)OC(=O)CCS.CCCCCCCC(C)(C)OC(=O)CCS.CCCCCCCC(C)(C)OC(=O)CCS.[Sb]. The molecule has 0 amide bonds. The fourth-order valence-electron chi connectivity index (χ4n) is 4.97. The van der Waals surface area contributed by atoms with E-state index < -0.39 is 0 Å². The van der Waals surface area contributed by atoms with E-state index in [1.54, 1.807) is 0 Å². The molecule has 293 valence electrons. The standard InChI is InChI=1S/3C13H26O2S.Sb/c3*1-4-5-6-7-8-10-13(2,3)15-12(14)9-11-16;/h3*16H,4-11H2,1-3H3;. The van der Waals surface area contributed by atoms with Crippen molar-refractivity contribution in [2.24, 2.45) is 0 Å². The second-order valence-electron chi connectivity index (χ2n) is 14.6. The number of thiol groups is 3. The third-order valence-electron chi connectivity index (χ3n) is 7.77. The van der Waals surface area contributed by atoms with Crippen LogP contribution in [0.2, 0.25) is 0 Å². The fourth-order valence-corrected chi connectivity index (χ4v) is 5.52. The van der Waals surface area contributed by atoms with E-state index in [9.17, 15) is 14.4 Å². The molecule has 0 aromatic carbocycles. The van der Waals surface area contributed by atoms with Crippen LogP contribution in [0.1, 0.15) is 197 Å². The zero-order valence-electron chi connectivity index (χ0n) is 33.2. The number of rotatable bonds is 27. The van der Waals surface area contributed by atoms with Gasteiger partial charge in [-0.15, -0.1) is 0 Å². The first-order valence-corrected chi connectivity index (χ1v) is 20.9. The van der Waals surface area contributed by atoms with E-state index in [-0.39, 0.29) is 59.1 Å². The fraction of sp³-hybridized carbons (Fsp3) is 0.923. The number of unbranched alkanes of at least 4 members (excludes halogenated alkanes) is 12. The van der Waals surface area contributed by atoms with Gasteiger partial charge in [-0.1, -0.05) is 97.8 Å². The molecule has 0 rings (SSSR count). The zero-order valence-corrected chi connectivity index (χ0v) is 38.4. The first kappa shape index (κ1) is 56.0. The monoisotopic (exact) mass is 859 g/mol. The van der Waals surface area contributed by atoms with E-state index in [1.807, 2.05) is 41.5 Å². The van der Waals surface area contributed by atoms with Crippen molar-refractivity contribution in [1.29, 1.82) is 0 Å². The molecule has 0 unspecified atom stereocenters. The molecular formula is C39H78O6S3Sb. The molecule has 0 heterocycles. The van der Waals surface area contributed by atoms with Crippen LogP contribution in [0.4, 0.5) is 0 Å². The van der Waals surface area contributed by atoms with Crippen molar-refractivity contribution < 1.29 is 28.6 Å². The molecule has 10 heteroatoms. The van der Waals surface area contributed by atoms with Gasteiger partial charge >= 0.3 is 17.9 Å². The Balaban J connectivity index is -0.000000307. The van der Waals surface area contributed by atoms with Crippen LogP contribution in [0, 0.1) is 0 Å². The van der Waals surface area contributed by atoms with Crippen LogP contribution in [-0.4, -0.2) is 76.4 Å². The smallest absolute Gasteiger partial charge is 0.307 e. The molecular weight excluding hydrogens is 782 g/mol. The van der Waals surface area contributed by atoms with Crippen molar-refractivity contribution in [3.8, 4) is 0 Å². The molecule has 0 bridgehead atoms. The molecule has 0 aromatic heterocycles. The van der Waals surface area contributed by atoms with Gasteiger partial charge in [-0.25, -0.2) is 0 Å². The molecule has 0 spiro atoms. The van der Waals surface area contributed by atoms with Crippen LogP contribution in [-0.2, 0) is 28.6 Å². The Morgan fingerprint density at radius 1 is 0.408 bits per heavy atom. The van der Waals surface area contributed by atoms with Crippen molar-refractivity contribution in [3.63, 3.8) is 0 Å². The molecule has 3 radical (unpaired) electrons. The zero-order chi connectivity index (χ0) is 37.3. The third kappa shape index (κ3) is 44.4. The van der Waals surface area contributed by atoms with E-state index in [2.05, 4.69) is 58.7 Å². The number of hydrogen-bond donors (Lipinski definition) is 3. The average molecular weight is 861 g/mol. The molecule has 0 saturated heterocycles. The van der Waals surface area contributed by atoms with Crippen LogP contribution < -0.4 is 0 Å². The summed E-state index contributed by atoms with van der Waals surface area (Å²) in [4.78, 5) is 34.0. The van der Waals surface area contributed by atoms with E-state index >= 15 is 0 Å². The minimum absolute atomic E-state index is 0. The van der Waals surface area contributed by atoms with E-state index in [0.29, 0.717) is 36.5 Å². The molecule has 0 aromatic rings. The summed E-state index contributed by atoms with van der Waals surface area (Å²) in [6.07, 6.45) is 22.8. The van der Waals surface area contributed by atoms with Gasteiger partial charge in [-0.2, -0.15) is 37.9 Å². The number of esters is 3. The second-order valence-corrected chi connectivity index (χ2v) is 16.0. The van der Waals surface area contributed by atoms with Crippen LogP contribution in [0.5, 0.6) is 0 Å². The van der Waals surface area contributed by atoms with Gasteiger partial charge < -0.3 is 14.2 Å². The summed E-state index contributed by atoms with van der Waals surface area (Å²) in [5, 5.41) is 0. The van der Waals surface area contributed by atoms with Crippen molar-refractivity contribution in [1.82, 2.24) is 0 Å². The average Bonchev–Trinajstić information content (AvgIpc) is 2.97. The van der Waals surface area contributed by atoms with Crippen molar-refractivity contribution in [2.45, 2.75) is 214 Å². The van der Waals surface area contributed by atoms with Gasteiger partial charge in [-0.3, -0.25) is 14.4 Å². The second kappa shape index (κ2) is 36.6. The van der Waals surface area contributed by atoms with E-state index in [1.165, 1.54) is 77.0 Å². The van der Waals surface area contributed by atoms with Gasteiger partial charge in [0, 0.05) is 41.7 Å². The van der Waals surface area contributed by atoms with Crippen LogP contribution >= 0.6 is 37.9 Å². The number of carbonyl (C=O) groups excluding carboxylic acids is 3. The van der Waals surface area contributed by atoms with E-state index in [0.717, 1.165) is 38.5 Å². The number of hydrogen-bond acceptors (Lipinski definition) is 9. The van der Waals surface area contributed by atoms with Crippen molar-refractivity contribution >= 4 is 80.2 Å². The van der Waals surface area contributed by atoms with Gasteiger partial charge in [0.15, 0.2) is 0 Å². The van der Waals surface area contributed by atoms with Gasteiger partial charge in [-0.05, 0) is 80.1 Å². The maximum atomic E-state index is 11.3. The molecule has 0 fully saturated rings. The molecule has 49 heavy (non-hydrogen) atoms. The van der Waals surface area contributed by atoms with Crippen molar-refractivity contribution in [2.75, 3.05) is 17.3 Å². The largest absolute Gasteiger partial charge is 0.460 e. The summed E-state index contributed by atoms with van der Waals surface area (Å²) >= 11 is 12.1. The Bertz CT molecular complexity index is 678.